The standard InChI is InChI=1S/C18H19F/c19-18-12-10-17(11-13-18)16-8-6-15(7-9-16)14-4-2-1-3-5-14/h1-5,10-13,15-16H,6-9H2. The topological polar surface area (TPSA) is 0 Å². The van der Waals surface area contributed by atoms with Gasteiger partial charge in [0.2, 0.25) is 0 Å². The van der Waals surface area contributed by atoms with Crippen molar-refractivity contribution < 1.29 is 4.39 Å². The van der Waals surface area contributed by atoms with Gasteiger partial charge in [-0.1, -0.05) is 42.5 Å². The van der Waals surface area contributed by atoms with Gasteiger partial charge in [0.1, 0.15) is 5.82 Å². The molecule has 1 heteroatoms. The molecule has 0 heterocycles. The molecular formula is C18H19F. The molecule has 3 rings (SSSR count). The second-order valence-corrected chi connectivity index (χ2v) is 5.51. The van der Waals surface area contributed by atoms with Crippen LogP contribution in [0.1, 0.15) is 48.6 Å². The van der Waals surface area contributed by atoms with E-state index in [0.29, 0.717) is 11.8 Å². The Kier molecular flexibility index (Phi) is 3.63. The van der Waals surface area contributed by atoms with Gasteiger partial charge in [0, 0.05) is 0 Å². The minimum Gasteiger partial charge on any atom is -0.207 e. The van der Waals surface area contributed by atoms with Crippen LogP contribution in [0.5, 0.6) is 0 Å². The van der Waals surface area contributed by atoms with Crippen LogP contribution in [0.3, 0.4) is 0 Å². The molecule has 19 heavy (non-hydrogen) atoms. The number of hydrogen-bond donors (Lipinski definition) is 0. The van der Waals surface area contributed by atoms with Crippen LogP contribution in [-0.4, -0.2) is 0 Å². The summed E-state index contributed by atoms with van der Waals surface area (Å²) in [5.41, 5.74) is 2.77. The van der Waals surface area contributed by atoms with E-state index in [1.54, 1.807) is 12.1 Å². The second-order valence-electron chi connectivity index (χ2n) is 5.51. The van der Waals surface area contributed by atoms with E-state index in [1.807, 2.05) is 12.1 Å². The van der Waals surface area contributed by atoms with E-state index < -0.39 is 0 Å². The Morgan fingerprint density at radius 1 is 0.632 bits per heavy atom. The minimum absolute atomic E-state index is 0.137. The molecule has 0 N–H and O–H groups in total. The van der Waals surface area contributed by atoms with Crippen molar-refractivity contribution in [3.63, 3.8) is 0 Å². The van der Waals surface area contributed by atoms with Gasteiger partial charge in [-0.3, -0.25) is 0 Å². The molecule has 0 bridgehead atoms. The molecule has 1 saturated carbocycles. The number of rotatable bonds is 2. The summed E-state index contributed by atoms with van der Waals surface area (Å²) in [6, 6.07) is 17.9. The molecule has 0 spiro atoms. The lowest BCUT2D eigenvalue weighted by Gasteiger charge is -2.29. The summed E-state index contributed by atoms with van der Waals surface area (Å²) in [7, 11) is 0. The predicted molar refractivity (Wildman–Crippen MR) is 76.8 cm³/mol. The third-order valence-electron chi connectivity index (χ3n) is 4.34. The van der Waals surface area contributed by atoms with Crippen LogP contribution in [0, 0.1) is 5.82 Å². The molecule has 2 aromatic rings. The summed E-state index contributed by atoms with van der Waals surface area (Å²) in [6.07, 6.45) is 4.91. The molecule has 0 nitrogen and oxygen atoms in total. The van der Waals surface area contributed by atoms with E-state index in [9.17, 15) is 4.39 Å². The van der Waals surface area contributed by atoms with Gasteiger partial charge in [-0.25, -0.2) is 4.39 Å². The lowest BCUT2D eigenvalue weighted by Crippen LogP contribution is -2.12. The molecule has 0 aromatic heterocycles. The maximum atomic E-state index is 12.9. The summed E-state index contributed by atoms with van der Waals surface area (Å²) in [6.45, 7) is 0. The van der Waals surface area contributed by atoms with Crippen LogP contribution in [0.25, 0.3) is 0 Å². The second kappa shape index (κ2) is 5.56. The average molecular weight is 254 g/mol. The van der Waals surface area contributed by atoms with Crippen molar-refractivity contribution in [2.24, 2.45) is 0 Å². The van der Waals surface area contributed by atoms with Crippen LogP contribution in [0.4, 0.5) is 4.39 Å². The van der Waals surface area contributed by atoms with Crippen molar-refractivity contribution >= 4 is 0 Å². The summed E-state index contributed by atoms with van der Waals surface area (Å²) in [5.74, 6) is 1.18. The molecule has 0 atom stereocenters. The molecule has 0 saturated heterocycles. The van der Waals surface area contributed by atoms with Crippen molar-refractivity contribution in [1.82, 2.24) is 0 Å². The first-order chi connectivity index (χ1) is 9.33. The number of benzene rings is 2. The van der Waals surface area contributed by atoms with Crippen LogP contribution in [0.15, 0.2) is 54.6 Å². The molecule has 0 amide bonds. The van der Waals surface area contributed by atoms with Crippen LogP contribution in [0.2, 0.25) is 0 Å². The van der Waals surface area contributed by atoms with Gasteiger partial charge in [0.25, 0.3) is 0 Å². The number of hydrogen-bond acceptors (Lipinski definition) is 0. The fourth-order valence-electron chi connectivity index (χ4n) is 3.22. The lowest BCUT2D eigenvalue weighted by atomic mass is 9.76. The molecule has 1 aliphatic rings. The van der Waals surface area contributed by atoms with Gasteiger partial charge in [-0.15, -0.1) is 0 Å². The summed E-state index contributed by atoms with van der Waals surface area (Å²) in [5, 5.41) is 0. The van der Waals surface area contributed by atoms with Crippen LogP contribution >= 0.6 is 0 Å². The summed E-state index contributed by atoms with van der Waals surface area (Å²) < 4.78 is 12.9. The van der Waals surface area contributed by atoms with Gasteiger partial charge in [0.05, 0.1) is 0 Å². The zero-order valence-electron chi connectivity index (χ0n) is 11.1. The zero-order chi connectivity index (χ0) is 13.1. The minimum atomic E-state index is -0.137. The van der Waals surface area contributed by atoms with E-state index in [1.165, 1.54) is 36.8 Å². The third-order valence-corrected chi connectivity index (χ3v) is 4.34. The first-order valence-corrected chi connectivity index (χ1v) is 7.13. The number of halogens is 1. The van der Waals surface area contributed by atoms with Crippen LogP contribution < -0.4 is 0 Å². The van der Waals surface area contributed by atoms with E-state index in [0.717, 1.165) is 0 Å². The van der Waals surface area contributed by atoms with E-state index in [2.05, 4.69) is 30.3 Å². The Hall–Kier alpha value is -1.63. The van der Waals surface area contributed by atoms with Crippen molar-refractivity contribution in [3.05, 3.63) is 71.5 Å². The molecule has 0 unspecified atom stereocenters. The summed E-state index contributed by atoms with van der Waals surface area (Å²) in [4.78, 5) is 0. The van der Waals surface area contributed by atoms with Gasteiger partial charge in [-0.2, -0.15) is 0 Å². The highest BCUT2D eigenvalue weighted by Gasteiger charge is 2.23. The normalized spacial score (nSPS) is 23.2. The Balaban J connectivity index is 1.65. The third kappa shape index (κ3) is 2.86. The van der Waals surface area contributed by atoms with Gasteiger partial charge >= 0.3 is 0 Å². The van der Waals surface area contributed by atoms with Crippen molar-refractivity contribution in [2.75, 3.05) is 0 Å². The molecule has 1 aliphatic carbocycles. The average Bonchev–Trinajstić information content (AvgIpc) is 2.49. The molecule has 0 radical (unpaired) electrons. The lowest BCUT2D eigenvalue weighted by molar-refractivity contribution is 0.396. The summed E-state index contributed by atoms with van der Waals surface area (Å²) >= 11 is 0. The Labute approximate surface area is 114 Å². The molecule has 2 aromatic carbocycles. The molecular weight excluding hydrogens is 235 g/mol. The van der Waals surface area contributed by atoms with Crippen LogP contribution in [-0.2, 0) is 0 Å². The zero-order valence-corrected chi connectivity index (χ0v) is 11.1. The predicted octanol–water partition coefficient (Wildman–Crippen LogP) is 5.27. The van der Waals surface area contributed by atoms with Gasteiger partial charge in [0.15, 0.2) is 0 Å². The highest BCUT2D eigenvalue weighted by atomic mass is 19.1. The highest BCUT2D eigenvalue weighted by Crippen LogP contribution is 2.40. The maximum absolute atomic E-state index is 12.9. The van der Waals surface area contributed by atoms with Crippen molar-refractivity contribution in [3.8, 4) is 0 Å². The maximum Gasteiger partial charge on any atom is 0.123 e. The van der Waals surface area contributed by atoms with Crippen molar-refractivity contribution in [1.29, 1.82) is 0 Å². The first kappa shape index (κ1) is 12.4. The molecule has 0 aliphatic heterocycles. The van der Waals surface area contributed by atoms with Crippen molar-refractivity contribution in [2.45, 2.75) is 37.5 Å². The monoisotopic (exact) mass is 254 g/mol. The van der Waals surface area contributed by atoms with E-state index >= 15 is 0 Å². The van der Waals surface area contributed by atoms with E-state index in [4.69, 9.17) is 0 Å². The fraction of sp³-hybridized carbons (Fsp3) is 0.333. The Morgan fingerprint density at radius 2 is 1.11 bits per heavy atom. The fourth-order valence-corrected chi connectivity index (χ4v) is 3.22. The quantitative estimate of drug-likeness (QED) is 0.685. The molecule has 1 fully saturated rings. The smallest absolute Gasteiger partial charge is 0.123 e. The van der Waals surface area contributed by atoms with E-state index in [-0.39, 0.29) is 5.82 Å². The molecule has 98 valence electrons. The largest absolute Gasteiger partial charge is 0.207 e. The van der Waals surface area contributed by atoms with Gasteiger partial charge in [-0.05, 0) is 60.8 Å². The highest BCUT2D eigenvalue weighted by molar-refractivity contribution is 5.24. The first-order valence-electron chi connectivity index (χ1n) is 7.13. The Bertz CT molecular complexity index is 507. The Morgan fingerprint density at radius 3 is 1.63 bits per heavy atom. The van der Waals surface area contributed by atoms with Gasteiger partial charge < -0.3 is 0 Å². The SMILES string of the molecule is Fc1ccc(C2CCC(c3ccccc3)CC2)cc1.